The molecule has 0 fully saturated rings. The molecule has 7 nitrogen and oxygen atoms in total. The standard InChI is InChI=1S/C9H17N5O2.2ClH/c1-7-6-8(12-13-9(7)11-10)14(2-4-15)3-5-16;;/h6,15-16H,2-5,10H2,1H3,(H,11,13);2*1H. The molecule has 0 saturated carbocycles. The van der Waals surface area contributed by atoms with E-state index in [1.807, 2.05) is 6.92 Å². The highest BCUT2D eigenvalue weighted by Gasteiger charge is 2.09. The van der Waals surface area contributed by atoms with Crippen LogP contribution >= 0.6 is 24.8 Å². The summed E-state index contributed by atoms with van der Waals surface area (Å²) in [7, 11) is 0. The van der Waals surface area contributed by atoms with Gasteiger partial charge < -0.3 is 20.5 Å². The molecular weight excluding hydrogens is 281 g/mol. The Balaban J connectivity index is 0. The topological polar surface area (TPSA) is 108 Å². The number of hydrogen-bond donors (Lipinski definition) is 4. The van der Waals surface area contributed by atoms with Crippen molar-refractivity contribution < 1.29 is 10.2 Å². The highest BCUT2D eigenvalue weighted by molar-refractivity contribution is 5.85. The van der Waals surface area contributed by atoms with Crippen LogP contribution in [0.25, 0.3) is 0 Å². The summed E-state index contributed by atoms with van der Waals surface area (Å²) in [6.45, 7) is 2.66. The number of aliphatic hydroxyl groups is 2. The van der Waals surface area contributed by atoms with Gasteiger partial charge in [0.05, 0.1) is 13.2 Å². The fourth-order valence-corrected chi connectivity index (χ4v) is 1.35. The maximum absolute atomic E-state index is 8.89. The predicted octanol–water partition coefficient (Wildman–Crippen LogP) is -0.295. The molecule has 0 amide bonds. The number of nitrogens with one attached hydrogen (secondary N) is 1. The van der Waals surface area contributed by atoms with Crippen LogP contribution < -0.4 is 16.2 Å². The lowest BCUT2D eigenvalue weighted by Gasteiger charge is -2.21. The number of aryl methyl sites for hydroxylation is 1. The molecule has 0 aliphatic carbocycles. The highest BCUT2D eigenvalue weighted by Crippen LogP contribution is 2.15. The van der Waals surface area contributed by atoms with Crippen LogP contribution in [0.15, 0.2) is 6.07 Å². The molecule has 1 heterocycles. The second-order valence-corrected chi connectivity index (χ2v) is 3.31. The van der Waals surface area contributed by atoms with E-state index in [-0.39, 0.29) is 38.0 Å². The maximum atomic E-state index is 8.89. The van der Waals surface area contributed by atoms with Gasteiger partial charge in [-0.15, -0.1) is 35.0 Å². The van der Waals surface area contributed by atoms with Gasteiger partial charge in [-0.2, -0.15) is 0 Å². The number of rotatable bonds is 6. The van der Waals surface area contributed by atoms with Crippen molar-refractivity contribution in [1.29, 1.82) is 0 Å². The van der Waals surface area contributed by atoms with Gasteiger partial charge in [0, 0.05) is 13.1 Å². The Morgan fingerprint density at radius 3 is 2.17 bits per heavy atom. The lowest BCUT2D eigenvalue weighted by Crippen LogP contribution is -2.30. The van der Waals surface area contributed by atoms with E-state index in [2.05, 4.69) is 15.6 Å². The molecule has 0 bridgehead atoms. The van der Waals surface area contributed by atoms with Crippen LogP contribution in [-0.4, -0.2) is 46.7 Å². The summed E-state index contributed by atoms with van der Waals surface area (Å²) in [5.74, 6) is 6.37. The molecule has 1 aromatic rings. The lowest BCUT2D eigenvalue weighted by atomic mass is 10.3. The number of aromatic nitrogens is 2. The van der Waals surface area contributed by atoms with Crippen molar-refractivity contribution in [3.8, 4) is 0 Å². The first-order chi connectivity index (χ1) is 7.72. The van der Waals surface area contributed by atoms with Gasteiger partial charge >= 0.3 is 0 Å². The van der Waals surface area contributed by atoms with Gasteiger partial charge in [-0.05, 0) is 18.6 Å². The second kappa shape index (κ2) is 10.1. The Hall–Kier alpha value is -0.860. The highest BCUT2D eigenvalue weighted by atomic mass is 35.5. The predicted molar refractivity (Wildman–Crippen MR) is 75.5 cm³/mol. The third-order valence-electron chi connectivity index (χ3n) is 2.17. The summed E-state index contributed by atoms with van der Waals surface area (Å²) in [5.41, 5.74) is 3.29. The minimum atomic E-state index is -0.00236. The lowest BCUT2D eigenvalue weighted by molar-refractivity contribution is 0.280. The second-order valence-electron chi connectivity index (χ2n) is 3.31. The third-order valence-corrected chi connectivity index (χ3v) is 2.17. The van der Waals surface area contributed by atoms with Crippen LogP contribution in [0.4, 0.5) is 11.6 Å². The fraction of sp³-hybridized carbons (Fsp3) is 0.556. The average molecular weight is 300 g/mol. The molecule has 0 saturated heterocycles. The summed E-state index contributed by atoms with van der Waals surface area (Å²) >= 11 is 0. The quantitative estimate of drug-likeness (QED) is 0.422. The number of hydrazine groups is 1. The van der Waals surface area contributed by atoms with Gasteiger partial charge in [-0.25, -0.2) is 5.84 Å². The molecule has 18 heavy (non-hydrogen) atoms. The van der Waals surface area contributed by atoms with Crippen LogP contribution in [0.5, 0.6) is 0 Å². The van der Waals surface area contributed by atoms with Gasteiger partial charge in [0.1, 0.15) is 0 Å². The van der Waals surface area contributed by atoms with Gasteiger partial charge in [0.15, 0.2) is 11.6 Å². The Bertz CT molecular complexity index is 337. The summed E-state index contributed by atoms with van der Waals surface area (Å²) in [4.78, 5) is 1.75. The number of nitrogens with two attached hydrogens (primary N) is 1. The molecule has 9 heteroatoms. The molecule has 0 aliphatic rings. The summed E-state index contributed by atoms with van der Waals surface area (Å²) in [5, 5.41) is 25.6. The van der Waals surface area contributed by atoms with Crippen LogP contribution in [0.3, 0.4) is 0 Å². The van der Waals surface area contributed by atoms with E-state index in [0.717, 1.165) is 5.56 Å². The van der Waals surface area contributed by atoms with E-state index in [1.165, 1.54) is 0 Å². The van der Waals surface area contributed by atoms with Crippen LogP contribution in [0.1, 0.15) is 5.56 Å². The number of anilines is 2. The number of nitrogen functional groups attached to an aromatic ring is 1. The Morgan fingerprint density at radius 1 is 1.22 bits per heavy atom. The molecule has 106 valence electrons. The van der Waals surface area contributed by atoms with E-state index in [1.54, 1.807) is 11.0 Å². The zero-order valence-corrected chi connectivity index (χ0v) is 11.7. The van der Waals surface area contributed by atoms with Crippen molar-refractivity contribution in [3.63, 3.8) is 0 Å². The number of nitrogens with zero attached hydrogens (tertiary/aromatic N) is 3. The van der Waals surface area contributed by atoms with Gasteiger partial charge in [0.2, 0.25) is 0 Å². The summed E-state index contributed by atoms with van der Waals surface area (Å²) in [6, 6.07) is 1.80. The minimum Gasteiger partial charge on any atom is -0.395 e. The van der Waals surface area contributed by atoms with Crippen molar-refractivity contribution in [2.45, 2.75) is 6.92 Å². The van der Waals surface area contributed by atoms with Crippen molar-refractivity contribution in [1.82, 2.24) is 10.2 Å². The van der Waals surface area contributed by atoms with E-state index in [9.17, 15) is 0 Å². The van der Waals surface area contributed by atoms with Crippen LogP contribution in [0.2, 0.25) is 0 Å². The molecule has 0 aromatic carbocycles. The average Bonchev–Trinajstić information content (AvgIpc) is 2.28. The van der Waals surface area contributed by atoms with Crippen molar-refractivity contribution >= 4 is 36.4 Å². The first-order valence-electron chi connectivity index (χ1n) is 5.00. The molecule has 0 atom stereocenters. The zero-order chi connectivity index (χ0) is 12.0. The fourth-order valence-electron chi connectivity index (χ4n) is 1.35. The van der Waals surface area contributed by atoms with Gasteiger partial charge in [0.25, 0.3) is 0 Å². The molecule has 1 aromatic heterocycles. The first-order valence-corrected chi connectivity index (χ1v) is 5.00. The molecule has 0 aliphatic heterocycles. The third kappa shape index (κ3) is 5.19. The van der Waals surface area contributed by atoms with Gasteiger partial charge in [-0.1, -0.05) is 0 Å². The zero-order valence-electron chi connectivity index (χ0n) is 10.0. The largest absolute Gasteiger partial charge is 0.395 e. The summed E-state index contributed by atoms with van der Waals surface area (Å²) in [6.07, 6.45) is 0. The van der Waals surface area contributed by atoms with Crippen LogP contribution in [-0.2, 0) is 0 Å². The first kappa shape index (κ1) is 19.5. The SMILES string of the molecule is Cc1cc(N(CCO)CCO)nnc1NN.Cl.Cl. The van der Waals surface area contributed by atoms with E-state index in [4.69, 9.17) is 16.1 Å². The normalized spacial score (nSPS) is 9.11. The van der Waals surface area contributed by atoms with Crippen LogP contribution in [0, 0.1) is 6.92 Å². The van der Waals surface area contributed by atoms with Crippen molar-refractivity contribution in [2.24, 2.45) is 5.84 Å². The molecule has 1 rings (SSSR count). The molecule has 5 N–H and O–H groups in total. The minimum absolute atomic E-state index is 0. The van der Waals surface area contributed by atoms with Crippen molar-refractivity contribution in [3.05, 3.63) is 11.6 Å². The van der Waals surface area contributed by atoms with E-state index < -0.39 is 0 Å². The Morgan fingerprint density at radius 2 is 1.78 bits per heavy atom. The molecule has 0 unspecified atom stereocenters. The van der Waals surface area contributed by atoms with Crippen molar-refractivity contribution in [2.75, 3.05) is 36.6 Å². The maximum Gasteiger partial charge on any atom is 0.165 e. The van der Waals surface area contributed by atoms with E-state index in [0.29, 0.717) is 24.7 Å². The number of hydrogen-bond acceptors (Lipinski definition) is 7. The monoisotopic (exact) mass is 299 g/mol. The van der Waals surface area contributed by atoms with E-state index >= 15 is 0 Å². The number of aliphatic hydroxyl groups excluding tert-OH is 2. The Kier molecular flexibility index (Phi) is 10.9. The Labute approximate surface area is 118 Å². The molecule has 0 radical (unpaired) electrons. The summed E-state index contributed by atoms with van der Waals surface area (Å²) < 4.78 is 0. The smallest absolute Gasteiger partial charge is 0.165 e. The molecule has 0 spiro atoms. The number of halogens is 2. The van der Waals surface area contributed by atoms with Gasteiger partial charge in [-0.3, -0.25) is 0 Å². The molecular formula is C9H19Cl2N5O2.